The topological polar surface area (TPSA) is 93.4 Å². The Morgan fingerprint density at radius 3 is 2.62 bits per heavy atom. The molecule has 29 heavy (non-hydrogen) atoms. The zero-order chi connectivity index (χ0) is 21.0. The molecule has 2 heterocycles. The normalized spacial score (nSPS) is 11.9. The maximum atomic E-state index is 12.7. The van der Waals surface area contributed by atoms with Crippen LogP contribution in [-0.2, 0) is 10.0 Å². The number of hydrogen-bond acceptors (Lipinski definition) is 8. The second-order valence-electron chi connectivity index (χ2n) is 5.81. The highest BCUT2D eigenvalue weighted by Crippen LogP contribution is 2.28. The van der Waals surface area contributed by atoms with Crippen LogP contribution in [0.15, 0.2) is 50.9 Å². The zero-order valence-electron chi connectivity index (χ0n) is 15.7. The SMILES string of the molecule is CCN(CC)S(=O)(=O)c1cccc(-c2nnc(SCC(=O)c3ccc(Cl)s3)o2)c1. The Balaban J connectivity index is 1.74. The number of benzene rings is 1. The predicted molar refractivity (Wildman–Crippen MR) is 114 cm³/mol. The Morgan fingerprint density at radius 2 is 1.97 bits per heavy atom. The number of thioether (sulfide) groups is 1. The number of sulfonamides is 1. The summed E-state index contributed by atoms with van der Waals surface area (Å²) in [4.78, 5) is 12.9. The fraction of sp³-hybridized carbons (Fsp3) is 0.278. The van der Waals surface area contributed by atoms with Crippen LogP contribution in [0, 0.1) is 0 Å². The number of carbonyl (C=O) groups is 1. The van der Waals surface area contributed by atoms with E-state index in [-0.39, 0.29) is 27.5 Å². The van der Waals surface area contributed by atoms with E-state index in [2.05, 4.69) is 10.2 Å². The van der Waals surface area contributed by atoms with E-state index >= 15 is 0 Å². The van der Waals surface area contributed by atoms with E-state index in [1.807, 2.05) is 0 Å². The fourth-order valence-corrected chi connectivity index (χ4v) is 5.77. The van der Waals surface area contributed by atoms with E-state index in [0.29, 0.717) is 27.9 Å². The summed E-state index contributed by atoms with van der Waals surface area (Å²) in [7, 11) is -3.59. The van der Waals surface area contributed by atoms with E-state index in [4.69, 9.17) is 16.0 Å². The first-order valence-electron chi connectivity index (χ1n) is 8.70. The second kappa shape index (κ2) is 9.40. The van der Waals surface area contributed by atoms with E-state index in [1.54, 1.807) is 38.1 Å². The summed E-state index contributed by atoms with van der Waals surface area (Å²) in [5.41, 5.74) is 0.494. The van der Waals surface area contributed by atoms with Crippen LogP contribution in [0.4, 0.5) is 0 Å². The average Bonchev–Trinajstić information content (AvgIpc) is 3.36. The number of hydrogen-bond donors (Lipinski definition) is 0. The summed E-state index contributed by atoms with van der Waals surface area (Å²) < 4.78 is 32.9. The lowest BCUT2D eigenvalue weighted by atomic mass is 10.2. The van der Waals surface area contributed by atoms with Gasteiger partial charge in [-0.15, -0.1) is 21.5 Å². The smallest absolute Gasteiger partial charge is 0.277 e. The van der Waals surface area contributed by atoms with Gasteiger partial charge in [-0.3, -0.25) is 4.79 Å². The van der Waals surface area contributed by atoms with Crippen LogP contribution in [0.25, 0.3) is 11.5 Å². The maximum absolute atomic E-state index is 12.7. The van der Waals surface area contributed by atoms with Crippen molar-refractivity contribution in [3.63, 3.8) is 0 Å². The quantitative estimate of drug-likeness (QED) is 0.336. The van der Waals surface area contributed by atoms with Gasteiger partial charge in [-0.1, -0.05) is 43.3 Å². The minimum Gasteiger partial charge on any atom is -0.411 e. The minimum absolute atomic E-state index is 0.0843. The van der Waals surface area contributed by atoms with Gasteiger partial charge in [-0.25, -0.2) is 8.42 Å². The molecule has 0 atom stereocenters. The van der Waals surface area contributed by atoms with Crippen molar-refractivity contribution in [1.29, 1.82) is 0 Å². The van der Waals surface area contributed by atoms with E-state index in [0.717, 1.165) is 11.8 Å². The van der Waals surface area contributed by atoms with Crippen molar-refractivity contribution in [3.8, 4) is 11.5 Å². The van der Waals surface area contributed by atoms with Gasteiger partial charge in [0.15, 0.2) is 5.78 Å². The fourth-order valence-electron chi connectivity index (χ4n) is 2.55. The molecule has 11 heteroatoms. The molecule has 0 fully saturated rings. The lowest BCUT2D eigenvalue weighted by Gasteiger charge is -2.18. The third-order valence-corrected chi connectivity index (χ3v) is 8.14. The van der Waals surface area contributed by atoms with Gasteiger partial charge < -0.3 is 4.42 Å². The number of carbonyl (C=O) groups excluding carboxylic acids is 1. The molecular weight excluding hydrogens is 454 g/mol. The first kappa shape index (κ1) is 22.0. The van der Waals surface area contributed by atoms with E-state index < -0.39 is 10.0 Å². The van der Waals surface area contributed by atoms with Gasteiger partial charge >= 0.3 is 0 Å². The van der Waals surface area contributed by atoms with Gasteiger partial charge in [0.2, 0.25) is 15.9 Å². The highest BCUT2D eigenvalue weighted by atomic mass is 35.5. The molecule has 0 aliphatic carbocycles. The third kappa shape index (κ3) is 5.07. The minimum atomic E-state index is -3.59. The first-order valence-corrected chi connectivity index (χ1v) is 12.3. The van der Waals surface area contributed by atoms with Gasteiger partial charge in [-0.2, -0.15) is 4.31 Å². The molecule has 0 radical (unpaired) electrons. The summed E-state index contributed by atoms with van der Waals surface area (Å²) in [5.74, 6) is 0.240. The Labute approximate surface area is 182 Å². The van der Waals surface area contributed by atoms with E-state index in [9.17, 15) is 13.2 Å². The Morgan fingerprint density at radius 1 is 1.21 bits per heavy atom. The average molecular weight is 472 g/mol. The molecule has 0 aliphatic rings. The van der Waals surface area contributed by atoms with Crippen molar-refractivity contribution >= 4 is 50.5 Å². The summed E-state index contributed by atoms with van der Waals surface area (Å²) in [6.07, 6.45) is 0. The highest BCUT2D eigenvalue weighted by molar-refractivity contribution is 7.99. The van der Waals surface area contributed by atoms with Crippen molar-refractivity contribution < 1.29 is 17.6 Å². The highest BCUT2D eigenvalue weighted by Gasteiger charge is 2.22. The standard InChI is InChI=1S/C18H18ClN3O4S3/c1-3-22(4-2)29(24,25)13-7-5-6-12(10-13)17-20-21-18(26-17)27-11-14(23)15-8-9-16(19)28-15/h5-10H,3-4,11H2,1-2H3. The molecular formula is C18H18ClN3O4S3. The van der Waals surface area contributed by atoms with Gasteiger partial charge in [-0.05, 0) is 30.3 Å². The molecule has 1 aromatic carbocycles. The van der Waals surface area contributed by atoms with Gasteiger partial charge in [0.1, 0.15) is 0 Å². The van der Waals surface area contributed by atoms with Crippen LogP contribution in [-0.4, -0.2) is 47.5 Å². The Hall–Kier alpha value is -1.72. The molecule has 0 saturated carbocycles. The van der Waals surface area contributed by atoms with Crippen LogP contribution in [0.5, 0.6) is 0 Å². The number of aromatic nitrogens is 2. The lowest BCUT2D eigenvalue weighted by Crippen LogP contribution is -2.30. The molecule has 0 unspecified atom stereocenters. The summed E-state index contributed by atoms with van der Waals surface area (Å²) in [6.45, 7) is 4.34. The number of thiophene rings is 1. The summed E-state index contributed by atoms with van der Waals surface area (Å²) in [6, 6.07) is 9.72. The molecule has 0 amide bonds. The zero-order valence-corrected chi connectivity index (χ0v) is 18.9. The Bertz CT molecular complexity index is 1110. The van der Waals surface area contributed by atoms with Crippen molar-refractivity contribution in [2.24, 2.45) is 0 Å². The van der Waals surface area contributed by atoms with E-state index in [1.165, 1.54) is 27.8 Å². The Kier molecular flexibility index (Phi) is 7.12. The van der Waals surface area contributed by atoms with Gasteiger partial charge in [0, 0.05) is 18.7 Å². The monoisotopic (exact) mass is 471 g/mol. The van der Waals surface area contributed by atoms with Crippen molar-refractivity contribution in [1.82, 2.24) is 14.5 Å². The lowest BCUT2D eigenvalue weighted by molar-refractivity contribution is 0.102. The molecule has 3 aromatic rings. The van der Waals surface area contributed by atoms with Crippen molar-refractivity contribution in [3.05, 3.63) is 45.6 Å². The van der Waals surface area contributed by atoms with Crippen LogP contribution in [0.1, 0.15) is 23.5 Å². The van der Waals surface area contributed by atoms with Gasteiger partial charge in [0.25, 0.3) is 5.22 Å². The molecule has 0 saturated heterocycles. The molecule has 3 rings (SSSR count). The molecule has 0 N–H and O–H groups in total. The largest absolute Gasteiger partial charge is 0.411 e. The molecule has 2 aromatic heterocycles. The molecule has 154 valence electrons. The maximum Gasteiger partial charge on any atom is 0.277 e. The van der Waals surface area contributed by atoms with Crippen molar-refractivity contribution in [2.45, 2.75) is 24.0 Å². The number of Topliss-reactive ketones (excluding diaryl/α,β-unsaturated/α-hetero) is 1. The third-order valence-electron chi connectivity index (χ3n) is 4.01. The number of rotatable bonds is 9. The molecule has 0 spiro atoms. The summed E-state index contributed by atoms with van der Waals surface area (Å²) in [5, 5.41) is 8.14. The second-order valence-corrected chi connectivity index (χ2v) is 10.4. The van der Waals surface area contributed by atoms with Gasteiger partial charge in [0.05, 0.1) is 19.9 Å². The van der Waals surface area contributed by atoms with Crippen LogP contribution < -0.4 is 0 Å². The molecule has 0 bridgehead atoms. The number of ketones is 1. The van der Waals surface area contributed by atoms with Crippen molar-refractivity contribution in [2.75, 3.05) is 18.8 Å². The van der Waals surface area contributed by atoms with Crippen LogP contribution in [0.2, 0.25) is 4.34 Å². The predicted octanol–water partition coefficient (Wildman–Crippen LogP) is 4.46. The first-order chi connectivity index (χ1) is 13.8. The number of halogens is 1. The molecule has 7 nitrogen and oxygen atoms in total. The van der Waals surface area contributed by atoms with Crippen LogP contribution in [0.3, 0.4) is 0 Å². The number of nitrogens with zero attached hydrogens (tertiary/aromatic N) is 3. The molecule has 0 aliphatic heterocycles. The summed E-state index contributed by atoms with van der Waals surface area (Å²) >= 11 is 8.18. The van der Waals surface area contributed by atoms with Crippen LogP contribution >= 0.6 is 34.7 Å².